The van der Waals surface area contributed by atoms with Crippen LogP contribution in [0.15, 0.2) is 0 Å². The average molecular weight is 359 g/mol. The van der Waals surface area contributed by atoms with E-state index in [4.69, 9.17) is 0 Å². The van der Waals surface area contributed by atoms with Crippen molar-refractivity contribution in [3.05, 3.63) is 0 Å². The van der Waals surface area contributed by atoms with E-state index in [2.05, 4.69) is 51.8 Å². The van der Waals surface area contributed by atoms with E-state index in [1.807, 2.05) is 0 Å². The van der Waals surface area contributed by atoms with Gasteiger partial charge >= 0.3 is 0 Å². The molecule has 1 N–H and O–H groups in total. The molecule has 1 saturated carbocycles. The number of fused-ring (bicyclic) bond motifs is 1. The zero-order valence-corrected chi connectivity index (χ0v) is 15.3. The van der Waals surface area contributed by atoms with Crippen LogP contribution in [0.3, 0.4) is 0 Å². The van der Waals surface area contributed by atoms with Gasteiger partial charge < -0.3 is 10.2 Å². The number of hydrogen-bond donors (Lipinski definition) is 1. The van der Waals surface area contributed by atoms with Crippen LogP contribution >= 0.6 is 0 Å². The van der Waals surface area contributed by atoms with Gasteiger partial charge in [0, 0.05) is 6.54 Å². The lowest BCUT2D eigenvalue weighted by atomic mass is 9.87. The summed E-state index contributed by atoms with van der Waals surface area (Å²) >= 11 is 0. The van der Waals surface area contributed by atoms with E-state index in [1.54, 1.807) is 0 Å². The molecule has 0 aromatic rings. The van der Waals surface area contributed by atoms with E-state index in [0.717, 1.165) is 17.8 Å². The van der Waals surface area contributed by atoms with Crippen molar-refractivity contribution in [2.75, 3.05) is 32.7 Å². The highest BCUT2D eigenvalue weighted by Crippen LogP contribution is 2.57. The first-order valence-corrected chi connectivity index (χ1v) is 9.11. The number of nitrogens with zero attached hydrogens (tertiary/aromatic N) is 1. The third kappa shape index (κ3) is 9.43. The smallest absolute Gasteiger partial charge is 0.00300 e. The monoisotopic (exact) mass is 358 g/mol. The second-order valence-electron chi connectivity index (χ2n) is 9.78. The van der Waals surface area contributed by atoms with Crippen LogP contribution in [0.1, 0.15) is 90.5 Å². The highest BCUT2D eigenvalue weighted by atomic mass is 15.1. The molecule has 3 aliphatic rings. The summed E-state index contributed by atoms with van der Waals surface area (Å²) in [6.45, 7) is 20.6. The molecule has 2 heteroatoms. The van der Waals surface area contributed by atoms with Crippen LogP contribution in [0.2, 0.25) is 0 Å². The summed E-state index contributed by atoms with van der Waals surface area (Å²) in [5.74, 6) is 3.08. The minimum Gasteiger partial charge on any atom is -0.316 e. The lowest BCUT2D eigenvalue weighted by Gasteiger charge is -2.32. The summed E-state index contributed by atoms with van der Waals surface area (Å²) in [5.41, 5.74) is 1.05. The number of hydrogen-bond acceptors (Lipinski definition) is 2. The standard InChI is InChI=1S/C10H21N.C9H17N.4CH4/c1-10(2,3)9-11-7-5-4-6-8-11;1-9(2,3)8-6-4-10-5-7(6)8;;;;/h4-9H2,1-3H3;6-8,10H,4-5H2,1-3H3;4*1H4. The molecule has 1 aliphatic carbocycles. The number of nitrogens with one attached hydrogen (secondary N) is 1. The van der Waals surface area contributed by atoms with Crippen LogP contribution in [0.25, 0.3) is 0 Å². The Hall–Kier alpha value is -0.0800. The largest absolute Gasteiger partial charge is 0.316 e. The molecule has 0 aromatic carbocycles. The maximum atomic E-state index is 3.42. The number of likely N-dealkylation sites (tertiary alicyclic amines) is 1. The Kier molecular flexibility index (Phi) is 13.8. The molecule has 3 rings (SSSR count). The molecule has 0 bridgehead atoms. The van der Waals surface area contributed by atoms with E-state index in [1.165, 1.54) is 52.0 Å². The molecule has 25 heavy (non-hydrogen) atoms. The van der Waals surface area contributed by atoms with Crippen LogP contribution < -0.4 is 5.32 Å². The highest BCUT2D eigenvalue weighted by molar-refractivity contribution is 5.07. The molecule has 0 aromatic heterocycles. The lowest BCUT2D eigenvalue weighted by molar-refractivity contribution is 0.164. The molecule has 156 valence electrons. The van der Waals surface area contributed by atoms with Crippen LogP contribution in [-0.2, 0) is 0 Å². The molecule has 2 saturated heterocycles. The summed E-state index contributed by atoms with van der Waals surface area (Å²) in [4.78, 5) is 2.60. The normalized spacial score (nSPS) is 27.8. The Bertz CT molecular complexity index is 308. The maximum Gasteiger partial charge on any atom is 0.00300 e. The van der Waals surface area contributed by atoms with E-state index in [9.17, 15) is 0 Å². The van der Waals surface area contributed by atoms with Gasteiger partial charge in [-0.15, -0.1) is 0 Å². The minimum absolute atomic E-state index is 0. The van der Waals surface area contributed by atoms with Gasteiger partial charge in [-0.2, -0.15) is 0 Å². The van der Waals surface area contributed by atoms with Crippen molar-refractivity contribution in [3.8, 4) is 0 Å². The Labute approximate surface area is 162 Å². The van der Waals surface area contributed by atoms with E-state index >= 15 is 0 Å². The summed E-state index contributed by atoms with van der Waals surface area (Å²) in [6, 6.07) is 0. The van der Waals surface area contributed by atoms with Crippen molar-refractivity contribution in [1.29, 1.82) is 0 Å². The highest BCUT2D eigenvalue weighted by Gasteiger charge is 2.57. The topological polar surface area (TPSA) is 15.3 Å². The zero-order chi connectivity index (χ0) is 15.7. The van der Waals surface area contributed by atoms with E-state index < -0.39 is 0 Å². The third-order valence-corrected chi connectivity index (χ3v) is 5.24. The van der Waals surface area contributed by atoms with Crippen molar-refractivity contribution >= 4 is 0 Å². The molecule has 2 heterocycles. The fraction of sp³-hybridized carbons (Fsp3) is 1.00. The molecule has 2 aliphatic heterocycles. The van der Waals surface area contributed by atoms with Gasteiger partial charge in [-0.25, -0.2) is 0 Å². The van der Waals surface area contributed by atoms with Gasteiger partial charge in [-0.1, -0.05) is 77.7 Å². The first-order valence-electron chi connectivity index (χ1n) is 9.11. The second kappa shape index (κ2) is 11.6. The summed E-state index contributed by atoms with van der Waals surface area (Å²) in [6.07, 6.45) is 4.27. The van der Waals surface area contributed by atoms with Gasteiger partial charge in [0.2, 0.25) is 0 Å². The first-order chi connectivity index (χ1) is 9.68. The van der Waals surface area contributed by atoms with Crippen molar-refractivity contribution in [1.82, 2.24) is 10.2 Å². The van der Waals surface area contributed by atoms with Crippen LogP contribution in [0.4, 0.5) is 0 Å². The van der Waals surface area contributed by atoms with Crippen molar-refractivity contribution < 1.29 is 0 Å². The summed E-state index contributed by atoms with van der Waals surface area (Å²) in [5, 5.41) is 3.42. The summed E-state index contributed by atoms with van der Waals surface area (Å²) in [7, 11) is 0. The molecule has 3 fully saturated rings. The van der Waals surface area contributed by atoms with Gasteiger partial charge in [0.15, 0.2) is 0 Å². The van der Waals surface area contributed by atoms with Gasteiger partial charge in [-0.05, 0) is 67.6 Å². The molecule has 0 spiro atoms. The Morgan fingerprint density at radius 3 is 1.52 bits per heavy atom. The Morgan fingerprint density at radius 1 is 0.760 bits per heavy atom. The van der Waals surface area contributed by atoms with Gasteiger partial charge in [0.1, 0.15) is 0 Å². The zero-order valence-electron chi connectivity index (χ0n) is 15.3. The van der Waals surface area contributed by atoms with Gasteiger partial charge in [0.05, 0.1) is 0 Å². The van der Waals surface area contributed by atoms with Crippen LogP contribution in [0.5, 0.6) is 0 Å². The maximum absolute atomic E-state index is 3.42. The average Bonchev–Trinajstić information content (AvgIpc) is 2.86. The molecular formula is C23H54N2. The van der Waals surface area contributed by atoms with Gasteiger partial charge in [0.25, 0.3) is 0 Å². The fourth-order valence-corrected chi connectivity index (χ4v) is 4.49. The van der Waals surface area contributed by atoms with Crippen molar-refractivity contribution in [3.63, 3.8) is 0 Å². The Balaban J connectivity index is -0.000000334. The van der Waals surface area contributed by atoms with E-state index in [0.29, 0.717) is 10.8 Å². The van der Waals surface area contributed by atoms with Gasteiger partial charge in [-0.3, -0.25) is 0 Å². The quantitative estimate of drug-likeness (QED) is 0.571. The fourth-order valence-electron chi connectivity index (χ4n) is 4.49. The van der Waals surface area contributed by atoms with Crippen molar-refractivity contribution in [2.45, 2.75) is 90.5 Å². The molecule has 2 nitrogen and oxygen atoms in total. The third-order valence-electron chi connectivity index (χ3n) is 5.24. The molecule has 0 amide bonds. The molecule has 0 radical (unpaired) electrons. The minimum atomic E-state index is 0. The molecular weight excluding hydrogens is 304 g/mol. The molecule has 2 unspecified atom stereocenters. The summed E-state index contributed by atoms with van der Waals surface area (Å²) < 4.78 is 0. The van der Waals surface area contributed by atoms with E-state index in [-0.39, 0.29) is 29.7 Å². The van der Waals surface area contributed by atoms with Crippen molar-refractivity contribution in [2.24, 2.45) is 28.6 Å². The second-order valence-corrected chi connectivity index (χ2v) is 9.78. The predicted molar refractivity (Wildman–Crippen MR) is 119 cm³/mol. The number of piperidine rings is 2. The van der Waals surface area contributed by atoms with Crippen LogP contribution in [0, 0.1) is 28.6 Å². The lowest BCUT2D eigenvalue weighted by Crippen LogP contribution is -2.36. The first kappa shape index (κ1) is 29.7. The SMILES string of the molecule is C.C.C.C.CC(C)(C)C1C2CNCC21.CC(C)(C)CN1CCCCC1. The molecule has 2 atom stereocenters. The number of rotatable bonds is 1. The van der Waals surface area contributed by atoms with Crippen LogP contribution in [-0.4, -0.2) is 37.6 Å². The predicted octanol–water partition coefficient (Wildman–Crippen LogP) is 6.56. The Morgan fingerprint density at radius 2 is 1.20 bits per heavy atom.